The van der Waals surface area contributed by atoms with E-state index in [0.717, 1.165) is 54.0 Å². The predicted molar refractivity (Wildman–Crippen MR) is 217 cm³/mol. The first kappa shape index (κ1) is 44.9. The third kappa shape index (κ3) is 12.7. The molecule has 60 heavy (non-hydrogen) atoms. The molecule has 6 rings (SSSR count). The number of benzene rings is 2. The highest BCUT2D eigenvalue weighted by Gasteiger charge is 2.38. The number of rotatable bonds is 11. The van der Waals surface area contributed by atoms with Crippen LogP contribution in [0, 0.1) is 11.8 Å². The van der Waals surface area contributed by atoms with Gasteiger partial charge in [-0.25, -0.2) is 14.6 Å². The number of alkyl halides is 3. The van der Waals surface area contributed by atoms with Gasteiger partial charge in [0.2, 0.25) is 11.8 Å². The Hall–Kier alpha value is -6.17. The third-order valence-corrected chi connectivity index (χ3v) is 10.1. The predicted octanol–water partition coefficient (Wildman–Crippen LogP) is 5.66. The highest BCUT2D eigenvalue weighted by atomic mass is 19.4. The van der Waals surface area contributed by atoms with E-state index in [-0.39, 0.29) is 29.7 Å². The molecule has 2 aliphatic rings. The van der Waals surface area contributed by atoms with E-state index in [1.807, 2.05) is 57.3 Å². The summed E-state index contributed by atoms with van der Waals surface area (Å²) in [5, 5.41) is 15.4. The second kappa shape index (κ2) is 19.7. The lowest BCUT2D eigenvalue weighted by Gasteiger charge is -2.36. The molecule has 18 heteroatoms. The number of alkyl carbamates (subject to hydrolysis) is 1. The van der Waals surface area contributed by atoms with Crippen molar-refractivity contribution in [2.24, 2.45) is 17.6 Å². The molecule has 0 radical (unpaired) electrons. The van der Waals surface area contributed by atoms with Crippen LogP contribution in [0.5, 0.6) is 0 Å². The van der Waals surface area contributed by atoms with Gasteiger partial charge in [-0.1, -0.05) is 36.4 Å². The summed E-state index contributed by atoms with van der Waals surface area (Å²) in [4.78, 5) is 69.0. The number of anilines is 2. The summed E-state index contributed by atoms with van der Waals surface area (Å²) in [6.45, 7) is 8.94. The zero-order chi connectivity index (χ0) is 43.6. The van der Waals surface area contributed by atoms with Crippen molar-refractivity contribution in [3.63, 3.8) is 0 Å². The molecule has 2 aromatic heterocycles. The van der Waals surface area contributed by atoms with Gasteiger partial charge < -0.3 is 30.5 Å². The second-order valence-electron chi connectivity index (χ2n) is 15.7. The summed E-state index contributed by atoms with van der Waals surface area (Å²) < 4.78 is 42.6. The van der Waals surface area contributed by atoms with Crippen LogP contribution >= 0.6 is 0 Å². The fourth-order valence-corrected chi connectivity index (χ4v) is 7.01. The number of aliphatic carboxylic acids is 1. The number of nitrogens with one attached hydrogen (secondary N) is 3. The highest BCUT2D eigenvalue weighted by molar-refractivity contribution is 6.02. The largest absolute Gasteiger partial charge is 0.490 e. The van der Waals surface area contributed by atoms with Crippen LogP contribution in [0.15, 0.2) is 77.7 Å². The molecule has 0 spiro atoms. The van der Waals surface area contributed by atoms with Crippen molar-refractivity contribution in [1.29, 1.82) is 0 Å². The number of carboxylic acid groups (broad SMARTS) is 1. The number of pyridine rings is 1. The Morgan fingerprint density at radius 1 is 0.933 bits per heavy atom. The van der Waals surface area contributed by atoms with Crippen molar-refractivity contribution in [2.45, 2.75) is 70.7 Å². The minimum Gasteiger partial charge on any atom is -0.475 e. The molecule has 15 nitrogen and oxygen atoms in total. The van der Waals surface area contributed by atoms with Crippen molar-refractivity contribution < 1.29 is 46.9 Å². The molecular formula is C42H50F3N7O8. The zero-order valence-electron chi connectivity index (χ0n) is 33.6. The highest BCUT2D eigenvalue weighted by Crippen LogP contribution is 2.33. The van der Waals surface area contributed by atoms with Gasteiger partial charge in [-0.2, -0.15) is 13.2 Å². The number of hydrogen-bond donors (Lipinski definition) is 5. The number of H-pyrrole nitrogens is 2. The Bertz CT molecular complexity index is 2120. The molecule has 1 saturated carbocycles. The normalized spacial score (nSPS) is 17.4. The first-order valence-corrected chi connectivity index (χ1v) is 19.5. The molecule has 2 aromatic carbocycles. The van der Waals surface area contributed by atoms with E-state index in [4.69, 9.17) is 25.1 Å². The minimum absolute atomic E-state index is 0.168. The number of primary amides is 1. The number of morpholine rings is 1. The summed E-state index contributed by atoms with van der Waals surface area (Å²) in [5.41, 5.74) is 9.96. The number of aromatic nitrogens is 3. The van der Waals surface area contributed by atoms with Crippen LogP contribution in [0.1, 0.15) is 52.0 Å². The molecule has 1 atom stereocenters. The van der Waals surface area contributed by atoms with Crippen LogP contribution in [-0.4, -0.2) is 94.8 Å². The molecule has 2 fully saturated rings. The number of carbonyl (C=O) groups is 4. The van der Waals surface area contributed by atoms with Crippen LogP contribution in [-0.2, 0) is 30.3 Å². The second-order valence-corrected chi connectivity index (χ2v) is 15.7. The molecule has 4 aromatic rings. The zero-order valence-corrected chi connectivity index (χ0v) is 33.6. The maximum Gasteiger partial charge on any atom is 0.490 e. The lowest BCUT2D eigenvalue weighted by Crippen LogP contribution is -2.52. The van der Waals surface area contributed by atoms with Crippen molar-refractivity contribution in [3.05, 3.63) is 88.8 Å². The van der Waals surface area contributed by atoms with Gasteiger partial charge in [0, 0.05) is 55.5 Å². The van der Waals surface area contributed by atoms with E-state index in [1.54, 1.807) is 29.2 Å². The molecular weight excluding hydrogens is 787 g/mol. The van der Waals surface area contributed by atoms with Crippen LogP contribution in [0.2, 0.25) is 0 Å². The van der Waals surface area contributed by atoms with E-state index in [1.165, 1.54) is 6.07 Å². The van der Waals surface area contributed by atoms with Gasteiger partial charge in [0.1, 0.15) is 17.5 Å². The number of carboxylic acids is 1. The maximum absolute atomic E-state index is 14.5. The quantitative estimate of drug-likeness (QED) is 0.125. The smallest absolute Gasteiger partial charge is 0.475 e. The molecule has 1 aliphatic carbocycles. The van der Waals surface area contributed by atoms with E-state index >= 15 is 0 Å². The summed E-state index contributed by atoms with van der Waals surface area (Å²) in [6.07, 6.45) is -0.756. The van der Waals surface area contributed by atoms with E-state index in [0.29, 0.717) is 44.0 Å². The lowest BCUT2D eigenvalue weighted by atomic mass is 9.81. The molecule has 1 saturated heterocycles. The summed E-state index contributed by atoms with van der Waals surface area (Å²) in [7, 11) is 0. The number of amides is 3. The van der Waals surface area contributed by atoms with Crippen molar-refractivity contribution in [1.82, 2.24) is 20.5 Å². The lowest BCUT2D eigenvalue weighted by molar-refractivity contribution is -0.192. The number of aromatic amines is 2. The Morgan fingerprint density at radius 2 is 1.53 bits per heavy atom. The summed E-state index contributed by atoms with van der Waals surface area (Å²) in [6, 6.07) is 19.6. The molecule has 3 amide bonds. The summed E-state index contributed by atoms with van der Waals surface area (Å²) >= 11 is 0. The first-order chi connectivity index (χ1) is 28.4. The topological polar surface area (TPSA) is 213 Å². The van der Waals surface area contributed by atoms with Gasteiger partial charge in [-0.3, -0.25) is 29.5 Å². The molecule has 322 valence electrons. The molecule has 1 aliphatic heterocycles. The Balaban J connectivity index is 0.000000896. The van der Waals surface area contributed by atoms with E-state index in [2.05, 4.69) is 31.5 Å². The SMILES string of the molecule is CC(C)(C)OC(=O)NCC1CCC(C(=O)N(c2ccc(-c3cc(=O)[nH][nH]3)cc2)[C@@H](Cc2ccc(-c3ccc(N4CCOCC4)nc3)cc2)C(N)=O)CC1.O=C(O)C(F)(F)F. The molecule has 0 unspecified atom stereocenters. The fourth-order valence-electron chi connectivity index (χ4n) is 7.01. The summed E-state index contributed by atoms with van der Waals surface area (Å²) in [5.74, 6) is -2.74. The standard InChI is InChI=1S/C40H49N7O6.C2HF3O2/c1-40(2,3)53-39(51)43-24-27-6-10-30(11-7-27)38(50)47(32-15-12-29(13-16-32)33-23-36(48)45-44-33)34(37(41)49)22-26-4-8-28(9-5-26)31-14-17-35(42-25-31)46-18-20-52-21-19-46;3-2(4,5)1(6)7/h4-5,8-9,12-17,23,25,27,30,34H,6-7,10-11,18-22,24H2,1-3H3,(H2,41,49)(H,43,51)(H2,44,45,48);(H,6,7)/t27?,30?,34-;/m0./s1. The number of nitrogens with two attached hydrogens (primary N) is 1. The number of hydrogen-bond acceptors (Lipinski definition) is 9. The average molecular weight is 838 g/mol. The van der Waals surface area contributed by atoms with Crippen LogP contribution in [0.4, 0.5) is 29.5 Å². The van der Waals surface area contributed by atoms with Crippen LogP contribution in [0.3, 0.4) is 0 Å². The van der Waals surface area contributed by atoms with E-state index in [9.17, 15) is 32.3 Å². The Kier molecular flexibility index (Phi) is 14.8. The monoisotopic (exact) mass is 837 g/mol. The molecule has 3 heterocycles. The fraction of sp³-hybridized carbons (Fsp3) is 0.429. The van der Waals surface area contributed by atoms with Crippen molar-refractivity contribution >= 4 is 35.4 Å². The Morgan fingerprint density at radius 3 is 2.05 bits per heavy atom. The van der Waals surface area contributed by atoms with Crippen molar-refractivity contribution in [2.75, 3.05) is 42.6 Å². The van der Waals surface area contributed by atoms with Crippen LogP contribution < -0.4 is 26.4 Å². The van der Waals surface area contributed by atoms with Gasteiger partial charge >= 0.3 is 18.2 Å². The van der Waals surface area contributed by atoms with Gasteiger partial charge in [0.05, 0.1) is 18.9 Å². The number of ether oxygens (including phenoxy) is 2. The van der Waals surface area contributed by atoms with E-state index < -0.39 is 35.8 Å². The first-order valence-electron chi connectivity index (χ1n) is 19.5. The number of carbonyl (C=O) groups excluding carboxylic acids is 3. The molecule has 0 bridgehead atoms. The van der Waals surface area contributed by atoms with Crippen LogP contribution in [0.25, 0.3) is 22.4 Å². The average Bonchev–Trinajstić information content (AvgIpc) is 3.66. The molecule has 6 N–H and O–H groups in total. The van der Waals surface area contributed by atoms with Gasteiger partial charge in [0.25, 0.3) is 5.56 Å². The van der Waals surface area contributed by atoms with Gasteiger partial charge in [-0.05, 0) is 93.3 Å². The van der Waals surface area contributed by atoms with Gasteiger partial charge in [-0.15, -0.1) is 0 Å². The third-order valence-electron chi connectivity index (χ3n) is 10.1. The number of nitrogens with zero attached hydrogens (tertiary/aromatic N) is 3. The Labute approximate surface area is 344 Å². The minimum atomic E-state index is -5.08. The van der Waals surface area contributed by atoms with Crippen molar-refractivity contribution in [3.8, 4) is 22.4 Å². The van der Waals surface area contributed by atoms with Gasteiger partial charge in [0.15, 0.2) is 0 Å². The maximum atomic E-state index is 14.5. The number of halogens is 3.